The molecule has 5 nitrogen and oxygen atoms in total. The van der Waals surface area contributed by atoms with Crippen LogP contribution in [0.5, 0.6) is 0 Å². The third-order valence-electron chi connectivity index (χ3n) is 4.35. The maximum Gasteiger partial charge on any atom is 0.169 e. The fourth-order valence-electron chi connectivity index (χ4n) is 3.13. The summed E-state index contributed by atoms with van der Waals surface area (Å²) >= 11 is 0. The van der Waals surface area contributed by atoms with Crippen LogP contribution in [0.3, 0.4) is 0 Å². The maximum atomic E-state index is 12.6. The van der Waals surface area contributed by atoms with Gasteiger partial charge in [-0.2, -0.15) is 0 Å². The van der Waals surface area contributed by atoms with Crippen LogP contribution >= 0.6 is 0 Å². The van der Waals surface area contributed by atoms with Gasteiger partial charge in [-0.05, 0) is 33.2 Å². The molecule has 1 saturated heterocycles. The van der Waals surface area contributed by atoms with Gasteiger partial charge in [0.05, 0.1) is 23.7 Å². The van der Waals surface area contributed by atoms with E-state index in [-0.39, 0.29) is 11.3 Å². The van der Waals surface area contributed by atoms with Gasteiger partial charge in [0.15, 0.2) is 15.6 Å². The number of rotatable bonds is 5. The molecular formula is C14H27NO4S. The quantitative estimate of drug-likeness (QED) is 0.833. The molecule has 2 rings (SSSR count). The second-order valence-corrected chi connectivity index (χ2v) is 8.81. The minimum absolute atomic E-state index is 0.0146. The highest BCUT2D eigenvalue weighted by atomic mass is 32.2. The Labute approximate surface area is 122 Å². The number of hydrogen-bond donors (Lipinski definition) is 1. The van der Waals surface area contributed by atoms with Crippen LogP contribution in [0, 0.1) is 0 Å². The molecule has 1 spiro atoms. The van der Waals surface area contributed by atoms with Crippen molar-refractivity contribution < 1.29 is 17.9 Å². The summed E-state index contributed by atoms with van der Waals surface area (Å²) in [7, 11) is -3.17. The lowest BCUT2D eigenvalue weighted by atomic mass is 9.89. The third kappa shape index (κ3) is 3.18. The predicted octanol–water partition coefficient (Wildman–Crippen LogP) is 1.47. The molecule has 6 heteroatoms. The van der Waals surface area contributed by atoms with E-state index >= 15 is 0 Å². The molecule has 2 atom stereocenters. The standard InChI is InChI=1S/C14H27NO4S/c1-4-7-15-12-5-6-14(18-8-9-19-14)10-13(12)20(16,17)11(2)3/h11-13,15H,4-10H2,1-3H3. The number of hydrogen-bond acceptors (Lipinski definition) is 5. The highest BCUT2D eigenvalue weighted by Crippen LogP contribution is 2.39. The summed E-state index contributed by atoms with van der Waals surface area (Å²) in [6.07, 6.45) is 3.02. The van der Waals surface area contributed by atoms with E-state index in [1.54, 1.807) is 13.8 Å². The van der Waals surface area contributed by atoms with E-state index < -0.39 is 20.9 Å². The number of sulfone groups is 1. The zero-order valence-corrected chi connectivity index (χ0v) is 13.5. The van der Waals surface area contributed by atoms with Crippen molar-refractivity contribution in [3.63, 3.8) is 0 Å². The highest BCUT2D eigenvalue weighted by molar-refractivity contribution is 7.92. The molecule has 1 heterocycles. The van der Waals surface area contributed by atoms with Crippen molar-refractivity contribution in [2.24, 2.45) is 0 Å². The van der Waals surface area contributed by atoms with E-state index in [1.807, 2.05) is 0 Å². The van der Waals surface area contributed by atoms with Gasteiger partial charge >= 0.3 is 0 Å². The molecule has 0 aromatic carbocycles. The van der Waals surface area contributed by atoms with Crippen molar-refractivity contribution in [1.82, 2.24) is 5.32 Å². The molecule has 118 valence electrons. The average molecular weight is 305 g/mol. The van der Waals surface area contributed by atoms with E-state index in [2.05, 4.69) is 12.2 Å². The fourth-order valence-corrected chi connectivity index (χ4v) is 5.00. The molecule has 2 fully saturated rings. The van der Waals surface area contributed by atoms with Gasteiger partial charge < -0.3 is 14.8 Å². The molecule has 0 bridgehead atoms. The van der Waals surface area contributed by atoms with E-state index in [0.29, 0.717) is 19.6 Å². The first kappa shape index (κ1) is 16.2. The predicted molar refractivity (Wildman–Crippen MR) is 78.4 cm³/mol. The zero-order valence-electron chi connectivity index (χ0n) is 12.7. The largest absolute Gasteiger partial charge is 0.347 e. The van der Waals surface area contributed by atoms with Crippen molar-refractivity contribution in [2.75, 3.05) is 19.8 Å². The van der Waals surface area contributed by atoms with Gasteiger partial charge in [0, 0.05) is 18.9 Å². The van der Waals surface area contributed by atoms with Gasteiger partial charge in [0.1, 0.15) is 0 Å². The summed E-state index contributed by atoms with van der Waals surface area (Å²) in [6, 6.07) is 0.0146. The molecule has 0 radical (unpaired) electrons. The molecule has 1 saturated carbocycles. The second kappa shape index (κ2) is 6.30. The molecule has 0 aromatic heterocycles. The topological polar surface area (TPSA) is 64.6 Å². The summed E-state index contributed by atoms with van der Waals surface area (Å²) in [4.78, 5) is 0. The van der Waals surface area contributed by atoms with Gasteiger partial charge in [-0.1, -0.05) is 6.92 Å². The van der Waals surface area contributed by atoms with Gasteiger partial charge in [-0.3, -0.25) is 0 Å². The minimum atomic E-state index is -3.17. The second-order valence-electron chi connectivity index (χ2n) is 6.09. The lowest BCUT2D eigenvalue weighted by Gasteiger charge is -2.41. The van der Waals surface area contributed by atoms with Gasteiger partial charge in [0.25, 0.3) is 0 Å². The SMILES string of the molecule is CCCNC1CCC2(CC1S(=O)(=O)C(C)C)OCCO2. The minimum Gasteiger partial charge on any atom is -0.347 e. The molecule has 0 aromatic rings. The molecule has 2 unspecified atom stereocenters. The van der Waals surface area contributed by atoms with E-state index in [4.69, 9.17) is 9.47 Å². The maximum absolute atomic E-state index is 12.6. The van der Waals surface area contributed by atoms with E-state index in [1.165, 1.54) is 0 Å². The van der Waals surface area contributed by atoms with Crippen molar-refractivity contribution >= 4 is 9.84 Å². The average Bonchev–Trinajstić information content (AvgIpc) is 2.85. The Kier molecular flexibility index (Phi) is 5.10. The molecule has 1 aliphatic carbocycles. The van der Waals surface area contributed by atoms with Crippen LogP contribution in [-0.2, 0) is 19.3 Å². The highest BCUT2D eigenvalue weighted by Gasteiger charge is 2.49. The first-order valence-electron chi connectivity index (χ1n) is 7.65. The number of nitrogens with one attached hydrogen (secondary N) is 1. The van der Waals surface area contributed by atoms with Gasteiger partial charge in [-0.15, -0.1) is 0 Å². The Morgan fingerprint density at radius 3 is 2.50 bits per heavy atom. The van der Waals surface area contributed by atoms with Gasteiger partial charge in [0.2, 0.25) is 0 Å². The van der Waals surface area contributed by atoms with Crippen LogP contribution in [0.1, 0.15) is 46.5 Å². The summed E-state index contributed by atoms with van der Waals surface area (Å²) < 4.78 is 36.7. The lowest BCUT2D eigenvalue weighted by molar-refractivity contribution is -0.178. The van der Waals surface area contributed by atoms with Crippen LogP contribution in [-0.4, -0.2) is 50.5 Å². The molecule has 1 N–H and O–H groups in total. The van der Waals surface area contributed by atoms with Crippen molar-refractivity contribution in [3.8, 4) is 0 Å². The Balaban J connectivity index is 2.18. The van der Waals surface area contributed by atoms with Gasteiger partial charge in [-0.25, -0.2) is 8.42 Å². The van der Waals surface area contributed by atoms with Crippen molar-refractivity contribution in [1.29, 1.82) is 0 Å². The fraction of sp³-hybridized carbons (Fsp3) is 1.00. The van der Waals surface area contributed by atoms with Crippen molar-refractivity contribution in [3.05, 3.63) is 0 Å². The summed E-state index contributed by atoms with van der Waals surface area (Å²) in [5.74, 6) is -0.656. The van der Waals surface area contributed by atoms with Crippen LogP contribution in [0.25, 0.3) is 0 Å². The monoisotopic (exact) mass is 305 g/mol. The molecule has 2 aliphatic rings. The first-order valence-corrected chi connectivity index (χ1v) is 9.26. The van der Waals surface area contributed by atoms with Crippen LogP contribution in [0.4, 0.5) is 0 Å². The normalized spacial score (nSPS) is 30.2. The zero-order chi connectivity index (χ0) is 14.8. The Morgan fingerprint density at radius 1 is 1.30 bits per heavy atom. The first-order chi connectivity index (χ1) is 9.41. The molecule has 0 amide bonds. The lowest BCUT2D eigenvalue weighted by Crippen LogP contribution is -2.55. The Morgan fingerprint density at radius 2 is 1.95 bits per heavy atom. The Bertz CT molecular complexity index is 415. The van der Waals surface area contributed by atoms with Crippen LogP contribution in [0.2, 0.25) is 0 Å². The summed E-state index contributed by atoms with van der Waals surface area (Å²) in [5.41, 5.74) is 0. The molecule has 20 heavy (non-hydrogen) atoms. The van der Waals surface area contributed by atoms with E-state index in [0.717, 1.165) is 25.8 Å². The Hall–Kier alpha value is -0.170. The summed E-state index contributed by atoms with van der Waals surface area (Å²) in [6.45, 7) is 7.59. The number of ether oxygens (including phenoxy) is 2. The molecular weight excluding hydrogens is 278 g/mol. The van der Waals surface area contributed by atoms with Crippen LogP contribution < -0.4 is 5.32 Å². The molecule has 1 aliphatic heterocycles. The third-order valence-corrected chi connectivity index (χ3v) is 7.00. The van der Waals surface area contributed by atoms with Crippen LogP contribution in [0.15, 0.2) is 0 Å². The van der Waals surface area contributed by atoms with E-state index in [9.17, 15) is 8.42 Å². The smallest absolute Gasteiger partial charge is 0.169 e. The summed E-state index contributed by atoms with van der Waals surface area (Å²) in [5, 5.41) is 2.62. The van der Waals surface area contributed by atoms with Crippen molar-refractivity contribution in [2.45, 2.75) is 68.8 Å².